The van der Waals surface area contributed by atoms with Crippen LogP contribution >= 0.6 is 11.3 Å². The molecule has 0 aromatic carbocycles. The summed E-state index contributed by atoms with van der Waals surface area (Å²) >= 11 is 1.48. The zero-order chi connectivity index (χ0) is 17.6. The van der Waals surface area contributed by atoms with Crippen LogP contribution in [0.1, 0.15) is 52.8 Å². The van der Waals surface area contributed by atoms with Gasteiger partial charge in [0, 0.05) is 29.8 Å². The minimum absolute atomic E-state index is 0.0472. The number of amides is 1. The molecule has 1 N–H and O–H groups in total. The summed E-state index contributed by atoms with van der Waals surface area (Å²) in [5, 5.41) is 17.2. The number of nitrogens with one attached hydrogen (secondary N) is 1. The van der Waals surface area contributed by atoms with Crippen LogP contribution < -0.4 is 5.32 Å². The van der Waals surface area contributed by atoms with E-state index in [1.807, 2.05) is 31.4 Å². The highest BCUT2D eigenvalue weighted by molar-refractivity contribution is 7.15. The van der Waals surface area contributed by atoms with Crippen molar-refractivity contribution in [1.29, 1.82) is 0 Å². The van der Waals surface area contributed by atoms with E-state index in [1.165, 1.54) is 24.2 Å². The first-order chi connectivity index (χ1) is 12.0. The molecule has 0 radical (unpaired) electrons. The second-order valence-electron chi connectivity index (χ2n) is 6.58. The Kier molecular flexibility index (Phi) is 3.99. The third kappa shape index (κ3) is 3.26. The number of rotatable bonds is 5. The lowest BCUT2D eigenvalue weighted by atomic mass is 10.1. The number of anilines is 1. The molecule has 1 aliphatic carbocycles. The van der Waals surface area contributed by atoms with Crippen molar-refractivity contribution in [1.82, 2.24) is 24.8 Å². The van der Waals surface area contributed by atoms with Crippen LogP contribution in [-0.2, 0) is 11.2 Å². The molecule has 8 heteroatoms. The Morgan fingerprint density at radius 2 is 2.12 bits per heavy atom. The monoisotopic (exact) mass is 356 g/mol. The predicted octanol–water partition coefficient (Wildman–Crippen LogP) is 2.95. The molecule has 130 valence electrons. The van der Waals surface area contributed by atoms with Gasteiger partial charge in [-0.25, -0.2) is 9.50 Å². The van der Waals surface area contributed by atoms with Crippen molar-refractivity contribution in [3.8, 4) is 0 Å². The van der Waals surface area contributed by atoms with Gasteiger partial charge < -0.3 is 5.32 Å². The highest BCUT2D eigenvalue weighted by atomic mass is 32.1. The molecule has 0 unspecified atom stereocenters. The molecule has 7 nitrogen and oxygen atoms in total. The average molecular weight is 356 g/mol. The summed E-state index contributed by atoms with van der Waals surface area (Å²) in [7, 11) is 0. The maximum atomic E-state index is 12.3. The molecule has 0 saturated heterocycles. The Bertz CT molecular complexity index is 956. The lowest BCUT2D eigenvalue weighted by Gasteiger charge is -2.10. The molecule has 1 saturated carbocycles. The van der Waals surface area contributed by atoms with Crippen molar-refractivity contribution in [3.63, 3.8) is 0 Å². The van der Waals surface area contributed by atoms with E-state index in [1.54, 1.807) is 0 Å². The molecule has 1 amide bonds. The van der Waals surface area contributed by atoms with E-state index in [2.05, 4.69) is 25.6 Å². The minimum atomic E-state index is -0.0472. The second kappa shape index (κ2) is 6.18. The second-order valence-corrected chi connectivity index (χ2v) is 7.59. The highest BCUT2D eigenvalue weighted by Gasteiger charge is 2.27. The average Bonchev–Trinajstić information content (AvgIpc) is 3.19. The molecule has 3 aromatic heterocycles. The Labute approximate surface area is 149 Å². The first-order valence-corrected chi connectivity index (χ1v) is 9.28. The molecule has 1 aliphatic rings. The fourth-order valence-corrected chi connectivity index (χ4v) is 3.93. The van der Waals surface area contributed by atoms with E-state index < -0.39 is 0 Å². The van der Waals surface area contributed by atoms with Crippen LogP contribution in [0.3, 0.4) is 0 Å². The van der Waals surface area contributed by atoms with E-state index in [4.69, 9.17) is 0 Å². The van der Waals surface area contributed by atoms with Crippen molar-refractivity contribution < 1.29 is 4.79 Å². The fourth-order valence-electron chi connectivity index (χ4n) is 3.00. The number of nitrogens with zero attached hydrogens (tertiary/aromatic N) is 5. The Morgan fingerprint density at radius 3 is 2.88 bits per heavy atom. The first kappa shape index (κ1) is 16.1. The number of hydrogen-bond acceptors (Lipinski definition) is 6. The number of hydrogen-bond donors (Lipinski definition) is 1. The van der Waals surface area contributed by atoms with Gasteiger partial charge in [-0.1, -0.05) is 11.3 Å². The fraction of sp³-hybridized carbons (Fsp3) is 0.471. The first-order valence-electron chi connectivity index (χ1n) is 8.47. The molecule has 0 bridgehead atoms. The molecule has 3 heterocycles. The Balaban J connectivity index is 1.44. The molecular formula is C17H20N6OS. The largest absolute Gasteiger partial charge is 0.301 e. The smallest absolute Gasteiger partial charge is 0.226 e. The van der Waals surface area contributed by atoms with Crippen LogP contribution in [0.4, 0.5) is 5.13 Å². The molecule has 1 fully saturated rings. The Morgan fingerprint density at radius 1 is 1.32 bits per heavy atom. The lowest BCUT2D eigenvalue weighted by molar-refractivity contribution is -0.116. The highest BCUT2D eigenvalue weighted by Crippen LogP contribution is 2.42. The van der Waals surface area contributed by atoms with E-state index in [9.17, 15) is 4.79 Å². The van der Waals surface area contributed by atoms with E-state index in [0.29, 0.717) is 23.9 Å². The summed E-state index contributed by atoms with van der Waals surface area (Å²) in [5.41, 5.74) is 4.84. The summed E-state index contributed by atoms with van der Waals surface area (Å²) in [6, 6.07) is 1.96. The zero-order valence-corrected chi connectivity index (χ0v) is 15.4. The molecule has 0 atom stereocenters. The predicted molar refractivity (Wildman–Crippen MR) is 96.0 cm³/mol. The molecular weight excluding hydrogens is 336 g/mol. The van der Waals surface area contributed by atoms with Crippen molar-refractivity contribution in [2.45, 2.75) is 52.4 Å². The van der Waals surface area contributed by atoms with Crippen molar-refractivity contribution in [2.75, 3.05) is 5.32 Å². The molecule has 0 spiro atoms. The van der Waals surface area contributed by atoms with Crippen LogP contribution in [-0.4, -0.2) is 30.7 Å². The van der Waals surface area contributed by atoms with Crippen molar-refractivity contribution >= 4 is 28.0 Å². The van der Waals surface area contributed by atoms with Crippen LogP contribution in [0.5, 0.6) is 0 Å². The quantitative estimate of drug-likeness (QED) is 0.760. The number of aryl methyl sites for hydroxylation is 3. The van der Waals surface area contributed by atoms with Gasteiger partial charge in [-0.15, -0.1) is 10.2 Å². The van der Waals surface area contributed by atoms with Gasteiger partial charge in [0.05, 0.1) is 5.69 Å². The van der Waals surface area contributed by atoms with E-state index in [0.717, 1.165) is 33.3 Å². The zero-order valence-electron chi connectivity index (χ0n) is 14.5. The molecule has 25 heavy (non-hydrogen) atoms. The van der Waals surface area contributed by atoms with Crippen LogP contribution in [0.15, 0.2) is 6.07 Å². The van der Waals surface area contributed by atoms with E-state index >= 15 is 0 Å². The van der Waals surface area contributed by atoms with Gasteiger partial charge in [0.2, 0.25) is 11.0 Å². The van der Waals surface area contributed by atoms with Gasteiger partial charge in [-0.2, -0.15) is 5.10 Å². The van der Waals surface area contributed by atoms with Gasteiger partial charge >= 0.3 is 0 Å². The summed E-state index contributed by atoms with van der Waals surface area (Å²) in [6.45, 7) is 5.96. The van der Waals surface area contributed by atoms with Gasteiger partial charge in [0.25, 0.3) is 0 Å². The summed E-state index contributed by atoms with van der Waals surface area (Å²) in [6.07, 6.45) is 3.38. The molecule has 3 aromatic rings. The lowest BCUT2D eigenvalue weighted by Crippen LogP contribution is -2.14. The number of carbonyl (C=O) groups excluding carboxylic acids is 1. The van der Waals surface area contributed by atoms with Crippen LogP contribution in [0.25, 0.3) is 5.65 Å². The normalized spacial score (nSPS) is 14.2. The minimum Gasteiger partial charge on any atom is -0.301 e. The number of aromatic nitrogens is 5. The maximum Gasteiger partial charge on any atom is 0.226 e. The third-order valence-corrected chi connectivity index (χ3v) is 5.50. The number of fused-ring (bicyclic) bond motifs is 1. The SMILES string of the molecule is Cc1cc2nc(C)c(CCC(=O)Nc3nnc(C4CC4)s3)c(C)n2n1. The van der Waals surface area contributed by atoms with E-state index in [-0.39, 0.29) is 5.91 Å². The van der Waals surface area contributed by atoms with Gasteiger partial charge in [-0.05, 0) is 45.6 Å². The summed E-state index contributed by atoms with van der Waals surface area (Å²) < 4.78 is 1.85. The Hall–Kier alpha value is -2.35. The van der Waals surface area contributed by atoms with Gasteiger partial charge in [0.15, 0.2) is 5.65 Å². The third-order valence-electron chi connectivity index (χ3n) is 4.50. The topological polar surface area (TPSA) is 85.1 Å². The maximum absolute atomic E-state index is 12.3. The molecule has 4 rings (SSSR count). The van der Waals surface area contributed by atoms with Crippen LogP contribution in [0.2, 0.25) is 0 Å². The van der Waals surface area contributed by atoms with Crippen LogP contribution in [0, 0.1) is 20.8 Å². The van der Waals surface area contributed by atoms with Gasteiger partial charge in [-0.3, -0.25) is 4.79 Å². The van der Waals surface area contributed by atoms with Gasteiger partial charge in [0.1, 0.15) is 5.01 Å². The summed E-state index contributed by atoms with van der Waals surface area (Å²) in [5.74, 6) is 0.512. The standard InChI is InChI=1S/C17H20N6OS/c1-9-8-14-18-10(2)13(11(3)23(14)22-9)6-7-15(24)19-17-21-20-16(25-17)12-4-5-12/h8,12H,4-7H2,1-3H3,(H,19,21,24). The molecule has 0 aliphatic heterocycles. The number of carbonyl (C=O) groups is 1. The van der Waals surface area contributed by atoms with Crippen molar-refractivity contribution in [3.05, 3.63) is 33.7 Å². The summed E-state index contributed by atoms with van der Waals surface area (Å²) in [4.78, 5) is 16.9. The van der Waals surface area contributed by atoms with Crippen molar-refractivity contribution in [2.24, 2.45) is 0 Å².